The van der Waals surface area contributed by atoms with Crippen LogP contribution >= 0.6 is 0 Å². The molecule has 1 amide bonds. The number of nitrogens with zero attached hydrogens (tertiary/aromatic N) is 2. The smallest absolute Gasteiger partial charge is 0.229 e. The maximum Gasteiger partial charge on any atom is 0.229 e. The standard InChI is InChI=1S/C16H20N4O2/c1-3-10-17-14-8-9-15(20-19-14)18-16(21)11-12-4-6-13(22-2)7-5-12/h4-9H,3,10-11H2,1-2H3,(H,17,19)(H,18,20,21). The molecule has 1 aromatic carbocycles. The Bertz CT molecular complexity index is 597. The molecule has 22 heavy (non-hydrogen) atoms. The Morgan fingerprint density at radius 2 is 1.77 bits per heavy atom. The zero-order valence-corrected chi connectivity index (χ0v) is 12.8. The molecule has 0 fully saturated rings. The Kier molecular flexibility index (Phi) is 5.71. The Labute approximate surface area is 129 Å². The third-order valence-corrected chi connectivity index (χ3v) is 3.01. The summed E-state index contributed by atoms with van der Waals surface area (Å²) in [5.41, 5.74) is 0.910. The summed E-state index contributed by atoms with van der Waals surface area (Å²) in [5.74, 6) is 1.79. The molecule has 0 radical (unpaired) electrons. The number of carbonyl (C=O) groups excluding carboxylic acids is 1. The fourth-order valence-electron chi connectivity index (χ4n) is 1.86. The molecule has 0 bridgehead atoms. The summed E-state index contributed by atoms with van der Waals surface area (Å²) < 4.78 is 5.08. The van der Waals surface area contributed by atoms with E-state index in [4.69, 9.17) is 4.74 Å². The molecule has 2 N–H and O–H groups in total. The average molecular weight is 300 g/mol. The van der Waals surface area contributed by atoms with Gasteiger partial charge in [-0.3, -0.25) is 4.79 Å². The molecule has 0 aliphatic carbocycles. The van der Waals surface area contributed by atoms with Crippen LogP contribution in [-0.4, -0.2) is 29.8 Å². The lowest BCUT2D eigenvalue weighted by atomic mass is 10.1. The van der Waals surface area contributed by atoms with E-state index >= 15 is 0 Å². The van der Waals surface area contributed by atoms with Crippen LogP contribution in [0.2, 0.25) is 0 Å². The van der Waals surface area contributed by atoms with Crippen LogP contribution in [0.5, 0.6) is 5.75 Å². The van der Waals surface area contributed by atoms with Gasteiger partial charge in [0.25, 0.3) is 0 Å². The number of nitrogens with one attached hydrogen (secondary N) is 2. The molecule has 0 saturated heterocycles. The van der Waals surface area contributed by atoms with E-state index < -0.39 is 0 Å². The number of ether oxygens (including phenoxy) is 1. The van der Waals surface area contributed by atoms with Crippen molar-refractivity contribution in [3.63, 3.8) is 0 Å². The highest BCUT2D eigenvalue weighted by atomic mass is 16.5. The molecule has 1 aromatic heterocycles. The first-order valence-electron chi connectivity index (χ1n) is 7.21. The highest BCUT2D eigenvalue weighted by Crippen LogP contribution is 2.12. The van der Waals surface area contributed by atoms with E-state index in [1.54, 1.807) is 19.2 Å². The van der Waals surface area contributed by atoms with Gasteiger partial charge in [-0.1, -0.05) is 19.1 Å². The molecule has 0 unspecified atom stereocenters. The van der Waals surface area contributed by atoms with Crippen molar-refractivity contribution in [1.29, 1.82) is 0 Å². The van der Waals surface area contributed by atoms with Crippen LogP contribution < -0.4 is 15.4 Å². The van der Waals surface area contributed by atoms with Crippen molar-refractivity contribution in [2.24, 2.45) is 0 Å². The second-order valence-electron chi connectivity index (χ2n) is 4.80. The minimum atomic E-state index is -0.131. The van der Waals surface area contributed by atoms with Gasteiger partial charge in [-0.15, -0.1) is 10.2 Å². The molecule has 2 rings (SSSR count). The minimum Gasteiger partial charge on any atom is -0.497 e. The fourth-order valence-corrected chi connectivity index (χ4v) is 1.86. The zero-order chi connectivity index (χ0) is 15.8. The van der Waals surface area contributed by atoms with Gasteiger partial charge >= 0.3 is 0 Å². The zero-order valence-electron chi connectivity index (χ0n) is 12.8. The molecule has 6 nitrogen and oxygen atoms in total. The number of hydrogen-bond acceptors (Lipinski definition) is 5. The Hall–Kier alpha value is -2.63. The van der Waals surface area contributed by atoms with Crippen LogP contribution in [0.3, 0.4) is 0 Å². The third kappa shape index (κ3) is 4.73. The molecular weight excluding hydrogens is 280 g/mol. The topological polar surface area (TPSA) is 76.1 Å². The van der Waals surface area contributed by atoms with E-state index in [2.05, 4.69) is 27.8 Å². The van der Waals surface area contributed by atoms with E-state index in [1.807, 2.05) is 24.3 Å². The lowest BCUT2D eigenvalue weighted by Crippen LogP contribution is -2.16. The first-order valence-corrected chi connectivity index (χ1v) is 7.21. The predicted molar refractivity (Wildman–Crippen MR) is 86.1 cm³/mol. The number of amides is 1. The molecule has 0 saturated carbocycles. The summed E-state index contributed by atoms with van der Waals surface area (Å²) in [4.78, 5) is 12.0. The van der Waals surface area contributed by atoms with Crippen molar-refractivity contribution in [2.45, 2.75) is 19.8 Å². The predicted octanol–water partition coefficient (Wildman–Crippen LogP) is 2.49. The first kappa shape index (κ1) is 15.8. The van der Waals surface area contributed by atoms with Crippen molar-refractivity contribution in [2.75, 3.05) is 24.3 Å². The Morgan fingerprint density at radius 1 is 1.09 bits per heavy atom. The van der Waals surface area contributed by atoms with Crippen LogP contribution in [0.25, 0.3) is 0 Å². The molecular formula is C16H20N4O2. The van der Waals surface area contributed by atoms with E-state index in [-0.39, 0.29) is 12.3 Å². The minimum absolute atomic E-state index is 0.131. The second kappa shape index (κ2) is 7.97. The lowest BCUT2D eigenvalue weighted by molar-refractivity contribution is -0.115. The summed E-state index contributed by atoms with van der Waals surface area (Å²) in [5, 5.41) is 13.8. The van der Waals surface area contributed by atoms with Crippen LogP contribution in [-0.2, 0) is 11.2 Å². The van der Waals surface area contributed by atoms with Gasteiger partial charge in [0, 0.05) is 6.54 Å². The van der Waals surface area contributed by atoms with Gasteiger partial charge < -0.3 is 15.4 Å². The van der Waals surface area contributed by atoms with Crippen LogP contribution in [0.1, 0.15) is 18.9 Å². The molecule has 0 spiro atoms. The number of hydrogen-bond donors (Lipinski definition) is 2. The first-order chi connectivity index (χ1) is 10.7. The Morgan fingerprint density at radius 3 is 2.36 bits per heavy atom. The number of aromatic nitrogens is 2. The maximum atomic E-state index is 12.0. The molecule has 116 valence electrons. The molecule has 0 atom stereocenters. The number of methoxy groups -OCH3 is 1. The SMILES string of the molecule is CCCNc1ccc(NC(=O)Cc2ccc(OC)cc2)nn1. The third-order valence-electron chi connectivity index (χ3n) is 3.01. The van der Waals surface area contributed by atoms with Gasteiger partial charge in [0.15, 0.2) is 5.82 Å². The van der Waals surface area contributed by atoms with E-state index in [0.717, 1.165) is 24.3 Å². The summed E-state index contributed by atoms with van der Waals surface area (Å²) in [6.07, 6.45) is 1.30. The highest BCUT2D eigenvalue weighted by molar-refractivity contribution is 5.91. The number of benzene rings is 1. The van der Waals surface area contributed by atoms with E-state index in [1.165, 1.54) is 0 Å². The lowest BCUT2D eigenvalue weighted by Gasteiger charge is -2.06. The molecule has 1 heterocycles. The number of anilines is 2. The van der Waals surface area contributed by atoms with Crippen molar-refractivity contribution in [3.05, 3.63) is 42.0 Å². The fraction of sp³-hybridized carbons (Fsp3) is 0.312. The van der Waals surface area contributed by atoms with Gasteiger partial charge in [-0.05, 0) is 36.2 Å². The van der Waals surface area contributed by atoms with Gasteiger partial charge in [0.1, 0.15) is 11.6 Å². The van der Waals surface area contributed by atoms with Gasteiger partial charge in [0.2, 0.25) is 5.91 Å². The number of rotatable bonds is 7. The largest absolute Gasteiger partial charge is 0.497 e. The van der Waals surface area contributed by atoms with Crippen molar-refractivity contribution >= 4 is 17.5 Å². The second-order valence-corrected chi connectivity index (χ2v) is 4.80. The molecule has 2 aromatic rings. The normalized spacial score (nSPS) is 10.1. The van der Waals surface area contributed by atoms with Crippen LogP contribution in [0.4, 0.5) is 11.6 Å². The van der Waals surface area contributed by atoms with Crippen LogP contribution in [0.15, 0.2) is 36.4 Å². The molecule has 0 aliphatic heterocycles. The van der Waals surface area contributed by atoms with Crippen molar-refractivity contribution < 1.29 is 9.53 Å². The number of carbonyl (C=O) groups is 1. The van der Waals surface area contributed by atoms with Gasteiger partial charge in [0.05, 0.1) is 13.5 Å². The van der Waals surface area contributed by atoms with E-state index in [0.29, 0.717) is 11.6 Å². The van der Waals surface area contributed by atoms with Crippen LogP contribution in [0, 0.1) is 0 Å². The maximum absolute atomic E-state index is 12.0. The van der Waals surface area contributed by atoms with Crippen molar-refractivity contribution in [3.8, 4) is 5.75 Å². The van der Waals surface area contributed by atoms with Gasteiger partial charge in [-0.2, -0.15) is 0 Å². The summed E-state index contributed by atoms with van der Waals surface area (Å²) in [6.45, 7) is 2.92. The van der Waals surface area contributed by atoms with E-state index in [9.17, 15) is 4.79 Å². The monoisotopic (exact) mass is 300 g/mol. The van der Waals surface area contributed by atoms with Crippen molar-refractivity contribution in [1.82, 2.24) is 10.2 Å². The quantitative estimate of drug-likeness (QED) is 0.821. The highest BCUT2D eigenvalue weighted by Gasteiger charge is 2.06. The summed E-state index contributed by atoms with van der Waals surface area (Å²) in [6, 6.07) is 10.9. The summed E-state index contributed by atoms with van der Waals surface area (Å²) in [7, 11) is 1.61. The molecule has 6 heteroatoms. The molecule has 0 aliphatic rings. The Balaban J connectivity index is 1.88. The average Bonchev–Trinajstić information content (AvgIpc) is 2.55. The van der Waals surface area contributed by atoms with Gasteiger partial charge in [-0.25, -0.2) is 0 Å². The summed E-state index contributed by atoms with van der Waals surface area (Å²) >= 11 is 0.